The van der Waals surface area contributed by atoms with E-state index in [1.165, 1.54) is 0 Å². The Morgan fingerprint density at radius 2 is 0.833 bits per heavy atom. The number of benzene rings is 4. The lowest BCUT2D eigenvalue weighted by molar-refractivity contribution is 0.0817. The van der Waals surface area contributed by atoms with Crippen molar-refractivity contribution in [1.29, 1.82) is 0 Å². The average molecular weight is 394 g/mol. The van der Waals surface area contributed by atoms with Crippen LogP contribution in [0.25, 0.3) is 0 Å². The molecule has 0 amide bonds. The summed E-state index contributed by atoms with van der Waals surface area (Å²) < 4.78 is 11.8. The first-order valence-electron chi connectivity index (χ1n) is 9.44. The van der Waals surface area contributed by atoms with E-state index < -0.39 is 11.6 Å². The Morgan fingerprint density at radius 1 is 0.433 bits per heavy atom. The fraction of sp³-hybridized carbons (Fsp3) is 0. The Bertz CT molecular complexity index is 1150. The molecule has 4 aromatic carbocycles. The van der Waals surface area contributed by atoms with Gasteiger partial charge in [-0.1, -0.05) is 60.7 Å². The Hall–Kier alpha value is -4.18. The minimum Gasteiger partial charge on any atom is -0.453 e. The van der Waals surface area contributed by atoms with Gasteiger partial charge >= 0.3 is 0 Å². The quantitative estimate of drug-likeness (QED) is 0.271. The van der Waals surface area contributed by atoms with Crippen LogP contribution in [-0.2, 0) is 0 Å². The standard InChI is InChI=1S/C26H18O4/c27-25(19-9-3-1-4-10-19)26(28)20-15-17-22(18-16-20)30-24-14-8-7-13-23(24)29-21-11-5-2-6-12-21/h1-18H. The molecule has 30 heavy (non-hydrogen) atoms. The van der Waals surface area contributed by atoms with E-state index in [9.17, 15) is 9.59 Å². The van der Waals surface area contributed by atoms with E-state index in [2.05, 4.69) is 0 Å². The summed E-state index contributed by atoms with van der Waals surface area (Å²) in [7, 11) is 0. The zero-order chi connectivity index (χ0) is 20.8. The average Bonchev–Trinajstić information content (AvgIpc) is 2.81. The van der Waals surface area contributed by atoms with Gasteiger partial charge in [-0.2, -0.15) is 0 Å². The number of hydrogen-bond acceptors (Lipinski definition) is 4. The van der Waals surface area contributed by atoms with Crippen LogP contribution in [0.5, 0.6) is 23.0 Å². The zero-order valence-electron chi connectivity index (χ0n) is 16.0. The molecule has 0 unspecified atom stereocenters. The first-order chi connectivity index (χ1) is 14.7. The summed E-state index contributed by atoms with van der Waals surface area (Å²) in [6, 6.07) is 31.8. The molecule has 0 bridgehead atoms. The zero-order valence-corrected chi connectivity index (χ0v) is 16.0. The highest BCUT2D eigenvalue weighted by molar-refractivity contribution is 6.49. The lowest BCUT2D eigenvalue weighted by Crippen LogP contribution is -2.14. The van der Waals surface area contributed by atoms with Crippen LogP contribution in [0.4, 0.5) is 0 Å². The van der Waals surface area contributed by atoms with Gasteiger partial charge in [-0.05, 0) is 48.5 Å². The number of hydrogen-bond donors (Lipinski definition) is 0. The van der Waals surface area contributed by atoms with Crippen molar-refractivity contribution < 1.29 is 19.1 Å². The van der Waals surface area contributed by atoms with Gasteiger partial charge < -0.3 is 9.47 Å². The first-order valence-corrected chi connectivity index (χ1v) is 9.44. The summed E-state index contributed by atoms with van der Waals surface area (Å²) in [5.74, 6) is 1.26. The number of ketones is 2. The number of carbonyl (C=O) groups excluding carboxylic acids is 2. The van der Waals surface area contributed by atoms with E-state index in [4.69, 9.17) is 9.47 Å². The SMILES string of the molecule is O=C(C(=O)c1ccc(Oc2ccccc2Oc2ccccc2)cc1)c1ccccc1. The van der Waals surface area contributed by atoms with Crippen molar-refractivity contribution in [3.63, 3.8) is 0 Å². The molecule has 0 N–H and O–H groups in total. The molecule has 4 rings (SSSR count). The van der Waals surface area contributed by atoms with Gasteiger partial charge in [0.2, 0.25) is 11.6 Å². The summed E-state index contributed by atoms with van der Waals surface area (Å²) >= 11 is 0. The predicted molar refractivity (Wildman–Crippen MR) is 115 cm³/mol. The van der Waals surface area contributed by atoms with Crippen LogP contribution in [0, 0.1) is 0 Å². The lowest BCUT2D eigenvalue weighted by Gasteiger charge is -2.12. The van der Waals surface area contributed by atoms with Gasteiger partial charge in [-0.25, -0.2) is 0 Å². The van der Waals surface area contributed by atoms with E-state index >= 15 is 0 Å². The highest BCUT2D eigenvalue weighted by atomic mass is 16.5. The molecule has 0 heterocycles. The Morgan fingerprint density at radius 3 is 1.37 bits per heavy atom. The minimum atomic E-state index is -0.555. The molecule has 0 radical (unpaired) electrons. The summed E-state index contributed by atoms with van der Waals surface area (Å²) in [5, 5.41) is 0. The largest absolute Gasteiger partial charge is 0.453 e. The second-order valence-corrected chi connectivity index (χ2v) is 6.51. The second-order valence-electron chi connectivity index (χ2n) is 6.51. The number of carbonyl (C=O) groups is 2. The van der Waals surface area contributed by atoms with Crippen LogP contribution in [0.15, 0.2) is 109 Å². The third-order valence-corrected chi connectivity index (χ3v) is 4.41. The summed E-state index contributed by atoms with van der Waals surface area (Å²) in [6.07, 6.45) is 0. The first kappa shape index (κ1) is 19.2. The number of para-hydroxylation sites is 3. The van der Waals surface area contributed by atoms with Crippen LogP contribution >= 0.6 is 0 Å². The highest BCUT2D eigenvalue weighted by Crippen LogP contribution is 2.34. The van der Waals surface area contributed by atoms with Gasteiger partial charge in [0.1, 0.15) is 11.5 Å². The highest BCUT2D eigenvalue weighted by Gasteiger charge is 2.18. The van der Waals surface area contributed by atoms with Crippen molar-refractivity contribution >= 4 is 11.6 Å². The topological polar surface area (TPSA) is 52.6 Å². The van der Waals surface area contributed by atoms with E-state index in [-0.39, 0.29) is 0 Å². The van der Waals surface area contributed by atoms with Gasteiger partial charge in [0.15, 0.2) is 11.5 Å². The van der Waals surface area contributed by atoms with Crippen molar-refractivity contribution in [2.75, 3.05) is 0 Å². The second kappa shape index (κ2) is 8.88. The maximum absolute atomic E-state index is 12.5. The number of Topliss-reactive ketones (excluding diaryl/α,β-unsaturated/α-hetero) is 2. The molecule has 0 saturated carbocycles. The fourth-order valence-corrected chi connectivity index (χ4v) is 2.89. The molecule has 0 aliphatic rings. The molecule has 146 valence electrons. The smallest absolute Gasteiger partial charge is 0.233 e. The molecule has 0 aliphatic heterocycles. The monoisotopic (exact) mass is 394 g/mol. The van der Waals surface area contributed by atoms with Crippen molar-refractivity contribution in [2.45, 2.75) is 0 Å². The van der Waals surface area contributed by atoms with Crippen LogP contribution in [0.2, 0.25) is 0 Å². The number of ether oxygens (including phenoxy) is 2. The van der Waals surface area contributed by atoms with E-state index in [0.29, 0.717) is 34.1 Å². The Balaban J connectivity index is 1.49. The number of rotatable bonds is 7. The predicted octanol–water partition coefficient (Wildman–Crippen LogP) is 6.34. The molecule has 0 spiro atoms. The molecule has 0 atom stereocenters. The normalized spacial score (nSPS) is 10.3. The summed E-state index contributed by atoms with van der Waals surface area (Å²) in [6.45, 7) is 0. The minimum absolute atomic E-state index is 0.310. The summed E-state index contributed by atoms with van der Waals surface area (Å²) in [5.41, 5.74) is 0.680. The van der Waals surface area contributed by atoms with Gasteiger partial charge in [-0.3, -0.25) is 9.59 Å². The third kappa shape index (κ3) is 4.45. The molecular formula is C26H18O4. The van der Waals surface area contributed by atoms with Gasteiger partial charge in [0.25, 0.3) is 0 Å². The van der Waals surface area contributed by atoms with Crippen LogP contribution in [0.3, 0.4) is 0 Å². The van der Waals surface area contributed by atoms with E-state index in [1.807, 2.05) is 48.5 Å². The van der Waals surface area contributed by atoms with Crippen molar-refractivity contribution in [3.05, 3.63) is 120 Å². The van der Waals surface area contributed by atoms with E-state index in [0.717, 1.165) is 0 Å². The molecule has 0 aromatic heterocycles. The third-order valence-electron chi connectivity index (χ3n) is 4.41. The van der Waals surface area contributed by atoms with Crippen LogP contribution in [0.1, 0.15) is 20.7 Å². The fourth-order valence-electron chi connectivity index (χ4n) is 2.89. The van der Waals surface area contributed by atoms with Crippen LogP contribution in [-0.4, -0.2) is 11.6 Å². The van der Waals surface area contributed by atoms with E-state index in [1.54, 1.807) is 60.7 Å². The maximum atomic E-state index is 12.5. The maximum Gasteiger partial charge on any atom is 0.233 e. The van der Waals surface area contributed by atoms with Gasteiger partial charge in [0.05, 0.1) is 0 Å². The lowest BCUT2D eigenvalue weighted by atomic mass is 10.0. The van der Waals surface area contributed by atoms with Crippen LogP contribution < -0.4 is 9.47 Å². The molecule has 4 aromatic rings. The van der Waals surface area contributed by atoms with Crippen molar-refractivity contribution in [1.82, 2.24) is 0 Å². The molecular weight excluding hydrogens is 376 g/mol. The van der Waals surface area contributed by atoms with Gasteiger partial charge in [0, 0.05) is 11.1 Å². The van der Waals surface area contributed by atoms with Crippen molar-refractivity contribution in [2.24, 2.45) is 0 Å². The Labute approximate surface area is 174 Å². The molecule has 0 fully saturated rings. The molecule has 4 nitrogen and oxygen atoms in total. The molecule has 4 heteroatoms. The Kier molecular flexibility index (Phi) is 5.67. The van der Waals surface area contributed by atoms with Gasteiger partial charge in [-0.15, -0.1) is 0 Å². The summed E-state index contributed by atoms with van der Waals surface area (Å²) in [4.78, 5) is 24.8. The molecule has 0 aliphatic carbocycles. The molecule has 0 saturated heterocycles. The van der Waals surface area contributed by atoms with Crippen molar-refractivity contribution in [3.8, 4) is 23.0 Å².